The number of rotatable bonds is 7. The first-order valence-corrected chi connectivity index (χ1v) is 13.2. The van der Waals surface area contributed by atoms with Crippen LogP contribution in [0.25, 0.3) is 6.08 Å². The minimum absolute atomic E-state index is 0.235. The lowest BCUT2D eigenvalue weighted by molar-refractivity contribution is -0.162. The Hall–Kier alpha value is -4.00. The Kier molecular flexibility index (Phi) is 7.87. The Balaban J connectivity index is 1.92. The lowest BCUT2D eigenvalue weighted by Crippen LogP contribution is -2.68. The van der Waals surface area contributed by atoms with Gasteiger partial charge in [0.1, 0.15) is 22.8 Å². The summed E-state index contributed by atoms with van der Waals surface area (Å²) in [6.45, 7) is 3.80. The van der Waals surface area contributed by atoms with Gasteiger partial charge in [0.15, 0.2) is 11.4 Å². The molecule has 0 saturated heterocycles. The second-order valence-electron chi connectivity index (χ2n) is 10.9. The van der Waals surface area contributed by atoms with Gasteiger partial charge in [0.25, 0.3) is 5.91 Å². The van der Waals surface area contributed by atoms with E-state index in [9.17, 15) is 44.7 Å². The molecule has 220 valence electrons. The predicted molar refractivity (Wildman–Crippen MR) is 145 cm³/mol. The summed E-state index contributed by atoms with van der Waals surface area (Å²) in [7, 11) is 2.92. The highest BCUT2D eigenvalue weighted by molar-refractivity contribution is 6.25. The number of nitrogens with zero attached hydrogens (tertiary/aromatic N) is 1. The van der Waals surface area contributed by atoms with Crippen LogP contribution in [0.15, 0.2) is 40.9 Å². The van der Waals surface area contributed by atoms with Gasteiger partial charge in [-0.25, -0.2) is 4.79 Å². The van der Waals surface area contributed by atoms with Gasteiger partial charge in [0.05, 0.1) is 30.2 Å². The molecule has 7 N–H and O–H groups in total. The number of carbonyl (C=O) groups is 4. The van der Waals surface area contributed by atoms with Crippen molar-refractivity contribution in [3.05, 3.63) is 57.6 Å². The Bertz CT molecular complexity index is 1420. The van der Waals surface area contributed by atoms with Crippen LogP contribution in [0.4, 0.5) is 0 Å². The van der Waals surface area contributed by atoms with E-state index in [0.29, 0.717) is 12.0 Å². The van der Waals surface area contributed by atoms with Crippen LogP contribution in [-0.4, -0.2) is 92.3 Å². The topological polar surface area (TPSA) is 208 Å². The fourth-order valence-electron chi connectivity index (χ4n) is 6.41. The zero-order valence-electron chi connectivity index (χ0n) is 23.1. The van der Waals surface area contributed by atoms with Gasteiger partial charge in [-0.3, -0.25) is 19.3 Å². The number of unbranched alkanes of at least 4 members (excludes halogenated alkanes) is 1. The minimum atomic E-state index is -2.99. The average Bonchev–Trinajstić information content (AvgIpc) is 2.89. The van der Waals surface area contributed by atoms with E-state index in [1.807, 2.05) is 6.92 Å². The van der Waals surface area contributed by atoms with E-state index in [1.165, 1.54) is 43.3 Å². The Labute approximate surface area is 236 Å². The van der Waals surface area contributed by atoms with Crippen molar-refractivity contribution in [1.82, 2.24) is 4.90 Å². The third-order valence-electron chi connectivity index (χ3n) is 8.28. The van der Waals surface area contributed by atoms with Crippen LogP contribution < -0.4 is 5.73 Å². The number of aliphatic hydroxyl groups is 4. The maximum Gasteiger partial charge on any atom is 0.330 e. The van der Waals surface area contributed by atoms with Crippen LogP contribution in [0.1, 0.15) is 54.1 Å². The number of ether oxygens (including phenoxy) is 1. The summed E-state index contributed by atoms with van der Waals surface area (Å²) in [5, 5.41) is 56.5. The van der Waals surface area contributed by atoms with Crippen molar-refractivity contribution in [1.29, 1.82) is 0 Å². The number of ketones is 2. The van der Waals surface area contributed by atoms with E-state index in [4.69, 9.17) is 10.5 Å². The van der Waals surface area contributed by atoms with E-state index in [2.05, 4.69) is 0 Å². The molecule has 41 heavy (non-hydrogen) atoms. The van der Waals surface area contributed by atoms with Crippen molar-refractivity contribution in [3.8, 4) is 5.75 Å². The molecule has 6 atom stereocenters. The molecular formula is C29H34N2O10. The number of aromatic hydroxyl groups is 1. The highest BCUT2D eigenvalue weighted by Crippen LogP contribution is 2.56. The molecule has 0 aliphatic heterocycles. The monoisotopic (exact) mass is 570 g/mol. The number of fused-ring (bicyclic) bond motifs is 3. The normalized spacial score (nSPS) is 29.5. The van der Waals surface area contributed by atoms with Gasteiger partial charge in [0, 0.05) is 17.6 Å². The number of phenolic OH excluding ortho intramolecular Hbond substituents is 1. The molecule has 0 spiro atoms. The van der Waals surface area contributed by atoms with Crippen LogP contribution >= 0.6 is 0 Å². The van der Waals surface area contributed by atoms with E-state index in [-0.39, 0.29) is 17.7 Å². The second kappa shape index (κ2) is 10.8. The molecule has 1 amide bonds. The Morgan fingerprint density at radius 3 is 2.41 bits per heavy atom. The molecule has 0 heterocycles. The van der Waals surface area contributed by atoms with Crippen molar-refractivity contribution >= 4 is 29.5 Å². The highest BCUT2D eigenvalue weighted by Gasteiger charge is 2.67. The summed E-state index contributed by atoms with van der Waals surface area (Å²) in [4.78, 5) is 53.0. The van der Waals surface area contributed by atoms with Crippen molar-refractivity contribution in [3.63, 3.8) is 0 Å². The summed E-state index contributed by atoms with van der Waals surface area (Å²) in [6, 6.07) is 1.35. The van der Waals surface area contributed by atoms with E-state index < -0.39 is 87.4 Å². The summed E-state index contributed by atoms with van der Waals surface area (Å²) in [5.74, 6) is -10.4. The average molecular weight is 571 g/mol. The van der Waals surface area contributed by atoms with Crippen LogP contribution in [-0.2, 0) is 19.1 Å². The molecule has 4 rings (SSSR count). The molecule has 12 nitrogen and oxygen atoms in total. The molecule has 6 unspecified atom stereocenters. The summed E-state index contributed by atoms with van der Waals surface area (Å²) < 4.78 is 5.14. The van der Waals surface area contributed by atoms with Gasteiger partial charge in [0.2, 0.25) is 5.78 Å². The van der Waals surface area contributed by atoms with Gasteiger partial charge >= 0.3 is 5.97 Å². The fourth-order valence-corrected chi connectivity index (χ4v) is 6.41. The third kappa shape index (κ3) is 4.42. The number of hydrogen-bond acceptors (Lipinski definition) is 11. The molecule has 3 aliphatic carbocycles. The summed E-state index contributed by atoms with van der Waals surface area (Å²) in [6.07, 6.45) is 2.39. The number of phenols is 1. The number of esters is 1. The number of aliphatic hydroxyl groups excluding tert-OH is 3. The van der Waals surface area contributed by atoms with Gasteiger partial charge in [-0.05, 0) is 49.7 Å². The number of benzene rings is 1. The van der Waals surface area contributed by atoms with Gasteiger partial charge in [-0.2, -0.15) is 0 Å². The number of nitrogens with two attached hydrogens (primary N) is 1. The van der Waals surface area contributed by atoms with Gasteiger partial charge in [-0.1, -0.05) is 26.3 Å². The van der Waals surface area contributed by atoms with Crippen LogP contribution in [0.5, 0.6) is 5.75 Å². The molecule has 0 aromatic heterocycles. The number of carbonyl (C=O) groups excluding carboxylic acids is 4. The minimum Gasteiger partial charge on any atom is -0.510 e. The lowest BCUT2D eigenvalue weighted by Gasteiger charge is -2.53. The number of likely N-dealkylation sites (N-methyl/N-ethyl adjacent to an activating group) is 1. The number of hydrogen-bond donors (Lipinski definition) is 6. The van der Waals surface area contributed by atoms with Gasteiger partial charge < -0.3 is 36.0 Å². The maximum atomic E-state index is 13.9. The molecule has 1 aromatic rings. The largest absolute Gasteiger partial charge is 0.510 e. The van der Waals surface area contributed by atoms with E-state index in [0.717, 1.165) is 6.42 Å². The molecule has 0 saturated carbocycles. The first-order valence-electron chi connectivity index (χ1n) is 13.2. The summed E-state index contributed by atoms with van der Waals surface area (Å²) in [5.41, 5.74) is 1.25. The number of Topliss-reactive ketones (excluding diaryl/α,β-unsaturated/α-hetero) is 2. The quantitative estimate of drug-likeness (QED) is 0.118. The molecule has 0 fully saturated rings. The van der Waals surface area contributed by atoms with E-state index in [1.54, 1.807) is 6.92 Å². The van der Waals surface area contributed by atoms with Crippen molar-refractivity contribution in [2.24, 2.45) is 17.6 Å². The van der Waals surface area contributed by atoms with Crippen molar-refractivity contribution in [2.45, 2.75) is 50.4 Å². The predicted octanol–water partition coefficient (Wildman–Crippen LogP) is 1.01. The molecular weight excluding hydrogens is 536 g/mol. The SMILES string of the molecule is CCCCOC(=O)/C=C/c1ccc(O)c2c1C(C)C1C(=C(O)C3(O)C(=O)C(C(N)=O)=C(O)C(N(C)C)C3C1O)C2=O. The Morgan fingerprint density at radius 1 is 1.17 bits per heavy atom. The third-order valence-corrected chi connectivity index (χ3v) is 8.28. The first kappa shape index (κ1) is 30.0. The van der Waals surface area contributed by atoms with Crippen LogP contribution in [0.3, 0.4) is 0 Å². The zero-order valence-corrected chi connectivity index (χ0v) is 23.1. The standard InChI is InChI=1S/C29H34N2O10/c1-5-6-11-41-15(33)10-8-13-7-9-14(32)18-16(13)12(2)17-19(23(18)34)26(37)29(40)21(24(17)35)22(31(3)4)25(36)20(27(29)38)28(30)39/h7-10,12,17,21-22,24,32,35-37,40H,5-6,11H2,1-4H3,(H2,30,39)/b10-8+. The van der Waals surface area contributed by atoms with Gasteiger partial charge in [-0.15, -0.1) is 0 Å². The second-order valence-corrected chi connectivity index (χ2v) is 10.9. The number of primary amides is 1. The van der Waals surface area contributed by atoms with Crippen molar-refractivity contribution < 1.29 is 49.4 Å². The molecule has 12 heteroatoms. The Morgan fingerprint density at radius 2 is 1.83 bits per heavy atom. The molecule has 1 aromatic carbocycles. The number of amides is 1. The van der Waals surface area contributed by atoms with Crippen LogP contribution in [0, 0.1) is 11.8 Å². The lowest BCUT2D eigenvalue weighted by atomic mass is 9.55. The zero-order chi connectivity index (χ0) is 30.5. The van der Waals surface area contributed by atoms with Crippen LogP contribution in [0.2, 0.25) is 0 Å². The first-order chi connectivity index (χ1) is 19.2. The molecule has 0 radical (unpaired) electrons. The summed E-state index contributed by atoms with van der Waals surface area (Å²) >= 11 is 0. The fraction of sp³-hybridized carbons (Fsp3) is 0.448. The smallest absolute Gasteiger partial charge is 0.330 e. The van der Waals surface area contributed by atoms with Crippen molar-refractivity contribution in [2.75, 3.05) is 20.7 Å². The molecule has 3 aliphatic rings. The highest BCUT2D eigenvalue weighted by atomic mass is 16.5. The van der Waals surface area contributed by atoms with E-state index >= 15 is 0 Å². The maximum absolute atomic E-state index is 13.9. The molecule has 0 bridgehead atoms.